The highest BCUT2D eigenvalue weighted by atomic mass is 79.9. The summed E-state index contributed by atoms with van der Waals surface area (Å²) >= 11 is 3.59. The zero-order valence-electron chi connectivity index (χ0n) is 13.2. The quantitative estimate of drug-likeness (QED) is 0.750. The molecular weight excluding hydrogens is 328 g/mol. The third-order valence-electron chi connectivity index (χ3n) is 3.97. The maximum atomic E-state index is 5.75. The van der Waals surface area contributed by atoms with Gasteiger partial charge in [-0.15, -0.1) is 0 Å². The highest BCUT2D eigenvalue weighted by Crippen LogP contribution is 2.28. The van der Waals surface area contributed by atoms with E-state index in [1.54, 1.807) is 0 Å². The van der Waals surface area contributed by atoms with Gasteiger partial charge in [-0.1, -0.05) is 22.9 Å². The lowest BCUT2D eigenvalue weighted by atomic mass is 10.0. The van der Waals surface area contributed by atoms with Gasteiger partial charge in [-0.25, -0.2) is 0 Å². The molecule has 4 heteroatoms. The maximum Gasteiger partial charge on any atom is 0.0608 e. The van der Waals surface area contributed by atoms with Crippen LogP contribution < -0.4 is 10.2 Å². The number of hydrogen-bond acceptors (Lipinski definition) is 3. The van der Waals surface area contributed by atoms with Crippen LogP contribution in [-0.4, -0.2) is 32.3 Å². The summed E-state index contributed by atoms with van der Waals surface area (Å²) in [6.45, 7) is 9.30. The lowest BCUT2D eigenvalue weighted by Gasteiger charge is -2.34. The summed E-state index contributed by atoms with van der Waals surface area (Å²) in [6, 6.07) is 6.63. The predicted octanol–water partition coefficient (Wildman–Crippen LogP) is 3.95. The van der Waals surface area contributed by atoms with Crippen molar-refractivity contribution >= 4 is 21.6 Å². The molecule has 1 aromatic carbocycles. The predicted molar refractivity (Wildman–Crippen MR) is 93.0 cm³/mol. The second-order valence-electron chi connectivity index (χ2n) is 5.59. The summed E-state index contributed by atoms with van der Waals surface area (Å²) in [5, 5.41) is 3.51. The molecule has 0 spiro atoms. The van der Waals surface area contributed by atoms with Crippen LogP contribution in [-0.2, 0) is 11.3 Å². The Bertz CT molecular complexity index is 431. The zero-order valence-corrected chi connectivity index (χ0v) is 14.8. The molecule has 1 heterocycles. The smallest absolute Gasteiger partial charge is 0.0608 e. The van der Waals surface area contributed by atoms with Gasteiger partial charge in [0.2, 0.25) is 0 Å². The molecule has 0 aromatic heterocycles. The number of benzene rings is 1. The Kier molecular flexibility index (Phi) is 7.00. The van der Waals surface area contributed by atoms with Crippen molar-refractivity contribution in [3.63, 3.8) is 0 Å². The minimum Gasteiger partial charge on any atom is -0.378 e. The minimum absolute atomic E-state index is 0.448. The summed E-state index contributed by atoms with van der Waals surface area (Å²) in [5.74, 6) is 0. The number of hydrogen-bond donors (Lipinski definition) is 1. The number of nitrogens with zero attached hydrogens (tertiary/aromatic N) is 1. The monoisotopic (exact) mass is 354 g/mol. The molecule has 1 fully saturated rings. The first-order valence-corrected chi connectivity index (χ1v) is 8.89. The Morgan fingerprint density at radius 2 is 2.05 bits per heavy atom. The van der Waals surface area contributed by atoms with Gasteiger partial charge in [0, 0.05) is 36.4 Å². The topological polar surface area (TPSA) is 24.5 Å². The van der Waals surface area contributed by atoms with Crippen molar-refractivity contribution in [1.29, 1.82) is 0 Å². The summed E-state index contributed by atoms with van der Waals surface area (Å²) in [5.41, 5.74) is 2.75. The van der Waals surface area contributed by atoms with E-state index in [0.717, 1.165) is 50.1 Å². The second kappa shape index (κ2) is 8.76. The molecule has 1 aliphatic heterocycles. The van der Waals surface area contributed by atoms with E-state index in [1.807, 2.05) is 0 Å². The fourth-order valence-electron chi connectivity index (χ4n) is 2.90. The average Bonchev–Trinajstić information content (AvgIpc) is 2.49. The Hall–Kier alpha value is -0.580. The lowest BCUT2D eigenvalue weighted by Crippen LogP contribution is -2.37. The molecule has 0 atom stereocenters. The Morgan fingerprint density at radius 3 is 2.71 bits per heavy atom. The SMILES string of the molecule is CCCNCc1cc(Br)ccc1N1CCC(OCC)CC1. The minimum atomic E-state index is 0.448. The van der Waals surface area contributed by atoms with E-state index in [-0.39, 0.29) is 0 Å². The number of piperidine rings is 1. The second-order valence-corrected chi connectivity index (χ2v) is 6.51. The molecule has 0 aliphatic carbocycles. The van der Waals surface area contributed by atoms with Crippen LogP contribution in [0.5, 0.6) is 0 Å². The fourth-order valence-corrected chi connectivity index (χ4v) is 3.31. The molecule has 2 rings (SSSR count). The van der Waals surface area contributed by atoms with Crippen LogP contribution in [0.15, 0.2) is 22.7 Å². The highest BCUT2D eigenvalue weighted by Gasteiger charge is 2.21. The third-order valence-corrected chi connectivity index (χ3v) is 4.46. The fraction of sp³-hybridized carbons (Fsp3) is 0.647. The summed E-state index contributed by atoms with van der Waals surface area (Å²) in [4.78, 5) is 2.50. The number of anilines is 1. The van der Waals surface area contributed by atoms with Crippen molar-refractivity contribution in [1.82, 2.24) is 5.32 Å². The molecule has 1 aliphatic rings. The first-order valence-electron chi connectivity index (χ1n) is 8.10. The molecule has 1 N–H and O–H groups in total. The largest absolute Gasteiger partial charge is 0.378 e. The van der Waals surface area contributed by atoms with Crippen LogP contribution in [0.4, 0.5) is 5.69 Å². The van der Waals surface area contributed by atoms with Crippen molar-refractivity contribution in [3.05, 3.63) is 28.2 Å². The van der Waals surface area contributed by atoms with Gasteiger partial charge >= 0.3 is 0 Å². The van der Waals surface area contributed by atoms with E-state index in [0.29, 0.717) is 6.10 Å². The molecule has 118 valence electrons. The molecule has 3 nitrogen and oxygen atoms in total. The van der Waals surface area contributed by atoms with Gasteiger partial charge in [0.05, 0.1) is 6.10 Å². The normalized spacial score (nSPS) is 16.4. The van der Waals surface area contributed by atoms with Crippen LogP contribution in [0, 0.1) is 0 Å². The van der Waals surface area contributed by atoms with Crippen LogP contribution >= 0.6 is 15.9 Å². The molecule has 1 saturated heterocycles. The standard InChI is InChI=1S/C17H27BrN2O/c1-3-9-19-13-14-12-15(18)5-6-17(14)20-10-7-16(8-11-20)21-4-2/h5-6,12,16,19H,3-4,7-11,13H2,1-2H3. The Morgan fingerprint density at radius 1 is 1.29 bits per heavy atom. The van der Waals surface area contributed by atoms with Crippen molar-refractivity contribution in [3.8, 4) is 0 Å². The summed E-state index contributed by atoms with van der Waals surface area (Å²) < 4.78 is 6.91. The van der Waals surface area contributed by atoms with Gasteiger partial charge in [-0.2, -0.15) is 0 Å². The number of rotatable bonds is 7. The van der Waals surface area contributed by atoms with Gasteiger partial charge in [0.25, 0.3) is 0 Å². The van der Waals surface area contributed by atoms with Crippen LogP contribution in [0.3, 0.4) is 0 Å². The van der Waals surface area contributed by atoms with Gasteiger partial charge in [-0.05, 0) is 56.5 Å². The summed E-state index contributed by atoms with van der Waals surface area (Å²) in [7, 11) is 0. The Balaban J connectivity index is 2.01. The van der Waals surface area contributed by atoms with E-state index in [9.17, 15) is 0 Å². The van der Waals surface area contributed by atoms with Crippen molar-refractivity contribution in [2.75, 3.05) is 31.1 Å². The molecular formula is C17H27BrN2O. The molecule has 21 heavy (non-hydrogen) atoms. The summed E-state index contributed by atoms with van der Waals surface area (Å²) in [6.07, 6.45) is 3.88. The van der Waals surface area contributed by atoms with E-state index in [2.05, 4.69) is 58.2 Å². The third kappa shape index (κ3) is 4.97. The first kappa shape index (κ1) is 16.8. The van der Waals surface area contributed by atoms with Crippen molar-refractivity contribution < 1.29 is 4.74 Å². The Labute approximate surface area is 137 Å². The van der Waals surface area contributed by atoms with E-state index < -0.39 is 0 Å². The molecule has 0 bridgehead atoms. The maximum absolute atomic E-state index is 5.75. The van der Waals surface area contributed by atoms with E-state index in [4.69, 9.17) is 4.74 Å². The lowest BCUT2D eigenvalue weighted by molar-refractivity contribution is 0.0459. The molecule has 1 aromatic rings. The first-order chi connectivity index (χ1) is 10.2. The van der Waals surface area contributed by atoms with Crippen LogP contribution in [0.2, 0.25) is 0 Å². The molecule has 0 saturated carbocycles. The van der Waals surface area contributed by atoms with Crippen LogP contribution in [0.25, 0.3) is 0 Å². The molecule has 0 unspecified atom stereocenters. The van der Waals surface area contributed by atoms with Crippen molar-refractivity contribution in [2.45, 2.75) is 45.8 Å². The van der Waals surface area contributed by atoms with Crippen molar-refractivity contribution in [2.24, 2.45) is 0 Å². The van der Waals surface area contributed by atoms with Gasteiger partial charge in [-0.3, -0.25) is 0 Å². The van der Waals surface area contributed by atoms with Gasteiger partial charge in [0.15, 0.2) is 0 Å². The molecule has 0 amide bonds. The number of halogens is 1. The van der Waals surface area contributed by atoms with Gasteiger partial charge in [0.1, 0.15) is 0 Å². The van der Waals surface area contributed by atoms with Gasteiger partial charge < -0.3 is 15.0 Å². The average molecular weight is 355 g/mol. The zero-order chi connectivity index (χ0) is 15.1. The highest BCUT2D eigenvalue weighted by molar-refractivity contribution is 9.10. The number of ether oxygens (including phenoxy) is 1. The van der Waals surface area contributed by atoms with E-state index >= 15 is 0 Å². The van der Waals surface area contributed by atoms with Crippen LogP contribution in [0.1, 0.15) is 38.7 Å². The number of nitrogens with one attached hydrogen (secondary N) is 1. The van der Waals surface area contributed by atoms with E-state index in [1.165, 1.54) is 17.7 Å². The molecule has 0 radical (unpaired) electrons.